The third kappa shape index (κ3) is 3.34. The quantitative estimate of drug-likeness (QED) is 0.662. The fourth-order valence-corrected chi connectivity index (χ4v) is 3.88. The highest BCUT2D eigenvalue weighted by molar-refractivity contribution is 5.90. The zero-order valence-corrected chi connectivity index (χ0v) is 13.0. The second-order valence-electron chi connectivity index (χ2n) is 6.53. The number of nitrogens with two attached hydrogens (primary N) is 1. The first-order chi connectivity index (χ1) is 10.1. The van der Waals surface area contributed by atoms with Crippen LogP contribution < -0.4 is 11.1 Å². The molecule has 0 bridgehead atoms. The van der Waals surface area contributed by atoms with Crippen molar-refractivity contribution in [1.82, 2.24) is 9.97 Å². The monoisotopic (exact) mass is 287 g/mol. The average Bonchev–Trinajstić information content (AvgIpc) is 2.38. The average molecular weight is 287 g/mol. The Morgan fingerprint density at radius 3 is 2.71 bits per heavy atom. The van der Waals surface area contributed by atoms with Gasteiger partial charge >= 0.3 is 0 Å². The predicted octanol–water partition coefficient (Wildman–Crippen LogP) is 2.65. The maximum atomic E-state index is 5.96. The molecule has 2 fully saturated rings. The van der Waals surface area contributed by atoms with Crippen molar-refractivity contribution in [3.05, 3.63) is 17.5 Å². The molecule has 1 aromatic heterocycles. The zero-order chi connectivity index (χ0) is 14.8. The van der Waals surface area contributed by atoms with Crippen LogP contribution in [-0.4, -0.2) is 22.5 Å². The van der Waals surface area contributed by atoms with Crippen LogP contribution in [0.1, 0.15) is 43.5 Å². The van der Waals surface area contributed by atoms with Crippen molar-refractivity contribution < 1.29 is 0 Å². The molecule has 1 aromatic rings. The highest BCUT2D eigenvalue weighted by Gasteiger charge is 2.41. The summed E-state index contributed by atoms with van der Waals surface area (Å²) in [7, 11) is 0. The lowest BCUT2D eigenvalue weighted by molar-refractivity contribution is 0.0359. The van der Waals surface area contributed by atoms with E-state index >= 15 is 0 Å². The molecule has 3 unspecified atom stereocenters. The minimum Gasteiger partial charge on any atom is -0.370 e. The van der Waals surface area contributed by atoms with Crippen LogP contribution in [0.25, 0.3) is 0 Å². The molecule has 0 amide bonds. The van der Waals surface area contributed by atoms with E-state index in [0.717, 1.165) is 35.7 Å². The molecule has 0 spiro atoms. The van der Waals surface area contributed by atoms with Crippen LogP contribution >= 0.6 is 0 Å². The number of nitrogens with one attached hydrogen (secondary N) is 1. The molecule has 2 aliphatic rings. The lowest BCUT2D eigenvalue weighted by atomic mass is 9.59. The molecule has 5 nitrogen and oxygen atoms in total. The second-order valence-corrected chi connectivity index (χ2v) is 6.53. The first-order valence-corrected chi connectivity index (χ1v) is 8.01. The van der Waals surface area contributed by atoms with Crippen LogP contribution in [0, 0.1) is 31.6 Å². The summed E-state index contributed by atoms with van der Waals surface area (Å²) < 4.78 is 0. The van der Waals surface area contributed by atoms with E-state index in [1.807, 2.05) is 19.9 Å². The lowest BCUT2D eigenvalue weighted by Crippen LogP contribution is -2.41. The summed E-state index contributed by atoms with van der Waals surface area (Å²) in [6, 6.07) is 1.94. The fraction of sp³-hybridized carbons (Fsp3) is 0.688. The molecule has 0 saturated heterocycles. The van der Waals surface area contributed by atoms with Crippen molar-refractivity contribution in [2.45, 2.75) is 46.0 Å². The molecule has 2 aliphatic carbocycles. The summed E-state index contributed by atoms with van der Waals surface area (Å²) >= 11 is 0. The molecule has 0 aromatic carbocycles. The first kappa shape index (κ1) is 14.3. The third-order valence-electron chi connectivity index (χ3n) is 4.90. The van der Waals surface area contributed by atoms with Gasteiger partial charge < -0.3 is 5.73 Å². The number of anilines is 1. The summed E-state index contributed by atoms with van der Waals surface area (Å²) in [6.07, 6.45) is 6.96. The number of aromatic nitrogens is 2. The Balaban J connectivity index is 1.54. The standard InChI is InChI=1S/C16H25N5/c1-10-7-11(2)20-16(19-10)21-15(17)18-9-13-8-12-5-3-4-6-14(12)13/h7,12-14H,3-6,8-9H2,1-2H3,(H3,17,18,19,20,21). The highest BCUT2D eigenvalue weighted by Crippen LogP contribution is 2.49. The second kappa shape index (κ2) is 6.00. The van der Waals surface area contributed by atoms with Gasteiger partial charge in [0.15, 0.2) is 5.96 Å². The summed E-state index contributed by atoms with van der Waals surface area (Å²) in [5, 5.41) is 3.00. The van der Waals surface area contributed by atoms with Crippen LogP contribution in [0.3, 0.4) is 0 Å². The van der Waals surface area contributed by atoms with Crippen molar-refractivity contribution in [1.29, 1.82) is 0 Å². The molecule has 5 heteroatoms. The van der Waals surface area contributed by atoms with E-state index in [1.54, 1.807) is 0 Å². The largest absolute Gasteiger partial charge is 0.370 e. The number of fused-ring (bicyclic) bond motifs is 1. The smallest absolute Gasteiger partial charge is 0.229 e. The maximum Gasteiger partial charge on any atom is 0.229 e. The van der Waals surface area contributed by atoms with Crippen LogP contribution in [0.5, 0.6) is 0 Å². The molecule has 114 valence electrons. The normalized spacial score (nSPS) is 28.7. The predicted molar refractivity (Wildman–Crippen MR) is 85.2 cm³/mol. The van der Waals surface area contributed by atoms with Gasteiger partial charge in [0.2, 0.25) is 5.95 Å². The van der Waals surface area contributed by atoms with Gasteiger partial charge in [-0.1, -0.05) is 19.3 Å². The summed E-state index contributed by atoms with van der Waals surface area (Å²) in [4.78, 5) is 13.1. The SMILES string of the molecule is Cc1cc(C)nc(NC(N)=NCC2CC3CCCCC32)n1. The van der Waals surface area contributed by atoms with E-state index < -0.39 is 0 Å². The maximum absolute atomic E-state index is 5.96. The van der Waals surface area contributed by atoms with E-state index in [0.29, 0.717) is 11.9 Å². The molecule has 0 radical (unpaired) electrons. The number of aliphatic imine (C=N–C) groups is 1. The number of hydrogen-bond donors (Lipinski definition) is 2. The molecule has 3 rings (SSSR count). The van der Waals surface area contributed by atoms with E-state index in [1.165, 1.54) is 32.1 Å². The van der Waals surface area contributed by atoms with E-state index in [4.69, 9.17) is 5.73 Å². The van der Waals surface area contributed by atoms with Crippen LogP contribution in [0.2, 0.25) is 0 Å². The number of hydrogen-bond acceptors (Lipinski definition) is 3. The van der Waals surface area contributed by atoms with Gasteiger partial charge in [-0.2, -0.15) is 0 Å². The molecule has 21 heavy (non-hydrogen) atoms. The Bertz CT molecular complexity index is 519. The van der Waals surface area contributed by atoms with Crippen molar-refractivity contribution in [2.24, 2.45) is 28.5 Å². The zero-order valence-electron chi connectivity index (χ0n) is 13.0. The summed E-state index contributed by atoms with van der Waals surface area (Å²) in [5.74, 6) is 3.57. The Kier molecular flexibility index (Phi) is 4.08. The minimum absolute atomic E-state index is 0.430. The number of rotatable bonds is 3. The molecule has 3 N–H and O–H groups in total. The minimum atomic E-state index is 0.430. The van der Waals surface area contributed by atoms with Crippen LogP contribution in [-0.2, 0) is 0 Å². The Labute approximate surface area is 126 Å². The molecule has 2 saturated carbocycles. The van der Waals surface area contributed by atoms with Gasteiger partial charge in [0.25, 0.3) is 0 Å². The number of aryl methyl sites for hydroxylation is 2. The molecular formula is C16H25N5. The van der Waals surface area contributed by atoms with Gasteiger partial charge in [0, 0.05) is 17.9 Å². The van der Waals surface area contributed by atoms with Gasteiger partial charge in [0.05, 0.1) is 0 Å². The topological polar surface area (TPSA) is 76.2 Å². The van der Waals surface area contributed by atoms with Gasteiger partial charge in [0.1, 0.15) is 0 Å². The first-order valence-electron chi connectivity index (χ1n) is 8.01. The van der Waals surface area contributed by atoms with E-state index in [2.05, 4.69) is 20.3 Å². The fourth-order valence-electron chi connectivity index (χ4n) is 3.88. The van der Waals surface area contributed by atoms with Crippen molar-refractivity contribution in [3.63, 3.8) is 0 Å². The molecule has 1 heterocycles. The van der Waals surface area contributed by atoms with Gasteiger partial charge in [-0.05, 0) is 50.5 Å². The lowest BCUT2D eigenvalue weighted by Gasteiger charge is -2.47. The Morgan fingerprint density at radius 2 is 2.00 bits per heavy atom. The molecule has 0 aliphatic heterocycles. The van der Waals surface area contributed by atoms with Crippen molar-refractivity contribution in [3.8, 4) is 0 Å². The van der Waals surface area contributed by atoms with Crippen LogP contribution in [0.15, 0.2) is 11.1 Å². The highest BCUT2D eigenvalue weighted by atomic mass is 15.2. The van der Waals surface area contributed by atoms with Gasteiger partial charge in [-0.25, -0.2) is 9.97 Å². The van der Waals surface area contributed by atoms with E-state index in [9.17, 15) is 0 Å². The Morgan fingerprint density at radius 1 is 1.29 bits per heavy atom. The molecular weight excluding hydrogens is 262 g/mol. The summed E-state index contributed by atoms with van der Waals surface area (Å²) in [6.45, 7) is 4.74. The third-order valence-corrected chi connectivity index (χ3v) is 4.90. The summed E-state index contributed by atoms with van der Waals surface area (Å²) in [5.41, 5.74) is 7.82. The Hall–Kier alpha value is -1.65. The van der Waals surface area contributed by atoms with Gasteiger partial charge in [-0.15, -0.1) is 0 Å². The van der Waals surface area contributed by atoms with E-state index in [-0.39, 0.29) is 0 Å². The number of guanidine groups is 1. The number of nitrogens with zero attached hydrogens (tertiary/aromatic N) is 3. The van der Waals surface area contributed by atoms with Crippen molar-refractivity contribution in [2.75, 3.05) is 11.9 Å². The van der Waals surface area contributed by atoms with Gasteiger partial charge in [-0.3, -0.25) is 10.3 Å². The molecule has 3 atom stereocenters. The van der Waals surface area contributed by atoms with Crippen molar-refractivity contribution >= 4 is 11.9 Å². The van der Waals surface area contributed by atoms with Crippen LogP contribution in [0.4, 0.5) is 5.95 Å².